The van der Waals surface area contributed by atoms with Crippen molar-refractivity contribution >= 4 is 23.2 Å². The molecule has 1 aromatic heterocycles. The molecule has 2 aromatic carbocycles. The number of hydrogen-bond donors (Lipinski definition) is 3. The molecule has 1 aliphatic heterocycles. The highest BCUT2D eigenvalue weighted by Gasteiger charge is 2.20. The molecule has 130 valence electrons. The van der Waals surface area contributed by atoms with Crippen LogP contribution >= 0.6 is 0 Å². The van der Waals surface area contributed by atoms with Gasteiger partial charge in [0.25, 0.3) is 0 Å². The van der Waals surface area contributed by atoms with Crippen LogP contribution in [0.1, 0.15) is 5.56 Å². The lowest BCUT2D eigenvalue weighted by Crippen LogP contribution is -2.16. The monoisotopic (exact) mass is 345 g/mol. The van der Waals surface area contributed by atoms with Gasteiger partial charge in [0.1, 0.15) is 0 Å². The number of benzene rings is 2. The third-order valence-corrected chi connectivity index (χ3v) is 4.18. The molecule has 4 rings (SSSR count). The van der Waals surface area contributed by atoms with E-state index in [9.17, 15) is 4.79 Å². The van der Waals surface area contributed by atoms with E-state index in [1.807, 2.05) is 54.6 Å². The van der Waals surface area contributed by atoms with E-state index in [2.05, 4.69) is 25.9 Å². The molecule has 26 heavy (non-hydrogen) atoms. The maximum atomic E-state index is 12.0. The number of aromatic nitrogens is 2. The van der Waals surface area contributed by atoms with Crippen LogP contribution in [-0.4, -0.2) is 29.0 Å². The first kappa shape index (κ1) is 16.1. The smallest absolute Gasteiger partial charge is 0.228 e. The van der Waals surface area contributed by atoms with Crippen LogP contribution in [0.5, 0.6) is 0 Å². The van der Waals surface area contributed by atoms with E-state index in [0.717, 1.165) is 34.7 Å². The van der Waals surface area contributed by atoms with Crippen LogP contribution in [0.15, 0.2) is 60.8 Å². The van der Waals surface area contributed by atoms with Gasteiger partial charge in [-0.05, 0) is 18.2 Å². The highest BCUT2D eigenvalue weighted by atomic mass is 16.1. The Kier molecular flexibility index (Phi) is 4.47. The molecule has 2 heterocycles. The quantitative estimate of drug-likeness (QED) is 0.619. The lowest BCUT2D eigenvalue weighted by molar-refractivity contribution is -0.115. The first-order chi connectivity index (χ1) is 12.8. The standard InChI is InChI=1S/C20H19N5O/c26-18-12-14-13-23-20(22-11-10-21-15-6-2-1-3-7-15)25-19(14)16-8-4-5-9-17(16)24-18/h1-9,13,21H,10-12H2,(H,24,26)(H,22,23,25). The van der Waals surface area contributed by atoms with Gasteiger partial charge in [-0.2, -0.15) is 0 Å². The molecule has 0 fully saturated rings. The molecule has 1 amide bonds. The van der Waals surface area contributed by atoms with Crippen molar-refractivity contribution in [2.75, 3.05) is 29.0 Å². The lowest BCUT2D eigenvalue weighted by atomic mass is 10.1. The second-order valence-corrected chi connectivity index (χ2v) is 6.06. The van der Waals surface area contributed by atoms with E-state index in [4.69, 9.17) is 0 Å². The van der Waals surface area contributed by atoms with Gasteiger partial charge in [0.15, 0.2) is 0 Å². The van der Waals surface area contributed by atoms with Crippen LogP contribution < -0.4 is 16.0 Å². The van der Waals surface area contributed by atoms with Crippen LogP contribution in [0.25, 0.3) is 11.3 Å². The van der Waals surface area contributed by atoms with E-state index >= 15 is 0 Å². The van der Waals surface area contributed by atoms with Gasteiger partial charge in [0, 0.05) is 36.1 Å². The summed E-state index contributed by atoms with van der Waals surface area (Å²) in [5, 5.41) is 9.50. The molecule has 0 bridgehead atoms. The number of nitrogens with zero attached hydrogens (tertiary/aromatic N) is 2. The van der Waals surface area contributed by atoms with Gasteiger partial charge in [-0.1, -0.05) is 36.4 Å². The highest BCUT2D eigenvalue weighted by Crippen LogP contribution is 2.32. The highest BCUT2D eigenvalue weighted by molar-refractivity contribution is 5.99. The lowest BCUT2D eigenvalue weighted by Gasteiger charge is -2.11. The van der Waals surface area contributed by atoms with Crippen LogP contribution in [0.2, 0.25) is 0 Å². The molecular weight excluding hydrogens is 326 g/mol. The van der Waals surface area contributed by atoms with E-state index in [1.54, 1.807) is 6.20 Å². The van der Waals surface area contributed by atoms with E-state index in [0.29, 0.717) is 12.5 Å². The fourth-order valence-corrected chi connectivity index (χ4v) is 2.96. The number of nitrogens with one attached hydrogen (secondary N) is 3. The maximum Gasteiger partial charge on any atom is 0.228 e. The molecule has 0 radical (unpaired) electrons. The Morgan fingerprint density at radius 3 is 2.62 bits per heavy atom. The Balaban J connectivity index is 1.49. The minimum Gasteiger partial charge on any atom is -0.383 e. The SMILES string of the molecule is O=C1Cc2cnc(NCCNc3ccccc3)nc2-c2ccccc2N1. The van der Waals surface area contributed by atoms with Crippen molar-refractivity contribution in [2.24, 2.45) is 0 Å². The number of para-hydroxylation sites is 2. The third kappa shape index (κ3) is 3.49. The molecule has 6 heteroatoms. The van der Waals surface area contributed by atoms with Crippen molar-refractivity contribution in [3.8, 4) is 11.3 Å². The summed E-state index contributed by atoms with van der Waals surface area (Å²) in [6.45, 7) is 1.44. The molecule has 6 nitrogen and oxygen atoms in total. The number of anilines is 3. The average Bonchev–Trinajstić information content (AvgIpc) is 2.81. The first-order valence-corrected chi connectivity index (χ1v) is 8.57. The van der Waals surface area contributed by atoms with Gasteiger partial charge in [-0.25, -0.2) is 9.97 Å². The number of amides is 1. The van der Waals surface area contributed by atoms with Crippen molar-refractivity contribution in [3.63, 3.8) is 0 Å². The molecule has 3 N–H and O–H groups in total. The second kappa shape index (κ2) is 7.23. The zero-order chi connectivity index (χ0) is 17.8. The average molecular weight is 345 g/mol. The van der Waals surface area contributed by atoms with Crippen molar-refractivity contribution in [3.05, 3.63) is 66.4 Å². The molecule has 0 aliphatic carbocycles. The topological polar surface area (TPSA) is 78.9 Å². The van der Waals surface area contributed by atoms with Crippen molar-refractivity contribution in [1.82, 2.24) is 9.97 Å². The van der Waals surface area contributed by atoms with Crippen molar-refractivity contribution < 1.29 is 4.79 Å². The molecule has 0 spiro atoms. The summed E-state index contributed by atoms with van der Waals surface area (Å²) >= 11 is 0. The van der Waals surface area contributed by atoms with E-state index in [1.165, 1.54) is 0 Å². The van der Waals surface area contributed by atoms with Crippen molar-refractivity contribution in [2.45, 2.75) is 6.42 Å². The number of carbonyl (C=O) groups is 1. The van der Waals surface area contributed by atoms with Gasteiger partial charge in [0.05, 0.1) is 17.8 Å². The molecule has 0 saturated heterocycles. The second-order valence-electron chi connectivity index (χ2n) is 6.06. The Morgan fingerprint density at radius 2 is 1.73 bits per heavy atom. The fraction of sp³-hybridized carbons (Fsp3) is 0.150. The van der Waals surface area contributed by atoms with E-state index in [-0.39, 0.29) is 12.3 Å². The summed E-state index contributed by atoms with van der Waals surface area (Å²) in [5.74, 6) is 0.510. The zero-order valence-electron chi connectivity index (χ0n) is 14.2. The fourth-order valence-electron chi connectivity index (χ4n) is 2.96. The Bertz CT molecular complexity index is 926. The molecule has 0 atom stereocenters. The van der Waals surface area contributed by atoms with Gasteiger partial charge in [-0.3, -0.25) is 4.79 Å². The van der Waals surface area contributed by atoms with Gasteiger partial charge >= 0.3 is 0 Å². The first-order valence-electron chi connectivity index (χ1n) is 8.57. The van der Waals surface area contributed by atoms with Gasteiger partial charge in [0.2, 0.25) is 11.9 Å². The number of hydrogen-bond acceptors (Lipinski definition) is 5. The normalized spacial score (nSPS) is 12.4. The largest absolute Gasteiger partial charge is 0.383 e. The summed E-state index contributed by atoms with van der Waals surface area (Å²) < 4.78 is 0. The van der Waals surface area contributed by atoms with Gasteiger partial charge in [-0.15, -0.1) is 0 Å². The molecule has 3 aromatic rings. The maximum absolute atomic E-state index is 12.0. The Labute approximate surface area is 151 Å². The predicted molar refractivity (Wildman–Crippen MR) is 103 cm³/mol. The summed E-state index contributed by atoms with van der Waals surface area (Å²) in [6, 6.07) is 17.7. The summed E-state index contributed by atoms with van der Waals surface area (Å²) in [7, 11) is 0. The number of fused-ring (bicyclic) bond motifs is 3. The number of carbonyl (C=O) groups excluding carboxylic acids is 1. The van der Waals surface area contributed by atoms with Crippen LogP contribution in [-0.2, 0) is 11.2 Å². The van der Waals surface area contributed by atoms with Crippen LogP contribution in [0.4, 0.5) is 17.3 Å². The zero-order valence-corrected chi connectivity index (χ0v) is 14.2. The molecule has 1 aliphatic rings. The summed E-state index contributed by atoms with van der Waals surface area (Å²) in [6.07, 6.45) is 2.01. The van der Waals surface area contributed by atoms with Gasteiger partial charge < -0.3 is 16.0 Å². The minimum absolute atomic E-state index is 0.0485. The Hall–Kier alpha value is -3.41. The summed E-state index contributed by atoms with van der Waals surface area (Å²) in [5.41, 5.74) is 4.41. The third-order valence-electron chi connectivity index (χ3n) is 4.18. The van der Waals surface area contributed by atoms with Crippen molar-refractivity contribution in [1.29, 1.82) is 0 Å². The minimum atomic E-state index is -0.0485. The summed E-state index contributed by atoms with van der Waals surface area (Å²) in [4.78, 5) is 21.1. The Morgan fingerprint density at radius 1 is 0.962 bits per heavy atom. The predicted octanol–water partition coefficient (Wildman–Crippen LogP) is 3.16. The van der Waals surface area contributed by atoms with Crippen LogP contribution in [0.3, 0.4) is 0 Å². The van der Waals surface area contributed by atoms with Crippen LogP contribution in [0, 0.1) is 0 Å². The molecular formula is C20H19N5O. The number of rotatable bonds is 5. The molecule has 0 unspecified atom stereocenters. The van der Waals surface area contributed by atoms with E-state index < -0.39 is 0 Å². The molecule has 0 saturated carbocycles.